The normalized spacial score (nSPS) is 17.0. The van der Waals surface area contributed by atoms with E-state index in [0.717, 1.165) is 12.0 Å². The molecular formula is C20H24F3N3O6. The van der Waals surface area contributed by atoms with Gasteiger partial charge in [0.1, 0.15) is 23.6 Å². The second kappa shape index (κ2) is 9.55. The Balaban J connectivity index is 2.68. The van der Waals surface area contributed by atoms with Gasteiger partial charge >= 0.3 is 18.2 Å². The molecule has 0 radical (unpaired) electrons. The highest BCUT2D eigenvalue weighted by atomic mass is 19.4. The number of carbonyl (C=O) groups is 3. The van der Waals surface area contributed by atoms with E-state index < -0.39 is 65.2 Å². The Morgan fingerprint density at radius 3 is 2.56 bits per heavy atom. The number of methoxy groups -OCH3 is 1. The number of amides is 2. The monoisotopic (exact) mass is 459 g/mol. The van der Waals surface area contributed by atoms with Crippen molar-refractivity contribution in [1.29, 1.82) is 0 Å². The summed E-state index contributed by atoms with van der Waals surface area (Å²) >= 11 is 0. The van der Waals surface area contributed by atoms with E-state index in [-0.39, 0.29) is 13.0 Å². The summed E-state index contributed by atoms with van der Waals surface area (Å²) in [5.41, 5.74) is -3.49. The molecule has 1 fully saturated rings. The summed E-state index contributed by atoms with van der Waals surface area (Å²) in [7, 11) is 0.999. The van der Waals surface area contributed by atoms with Gasteiger partial charge in [0, 0.05) is 0 Å². The van der Waals surface area contributed by atoms with Crippen molar-refractivity contribution in [3.05, 3.63) is 30.0 Å². The maximum atomic E-state index is 14.0. The second-order valence-corrected chi connectivity index (χ2v) is 7.83. The van der Waals surface area contributed by atoms with Gasteiger partial charge in [0.15, 0.2) is 5.69 Å². The molecule has 1 aromatic heterocycles. The largest absolute Gasteiger partial charge is 0.464 e. The molecule has 1 atom stereocenters. The summed E-state index contributed by atoms with van der Waals surface area (Å²) in [5.74, 6) is -2.69. The molecule has 2 rings (SSSR count). The summed E-state index contributed by atoms with van der Waals surface area (Å²) in [5, 5.41) is 2.10. The van der Waals surface area contributed by atoms with Gasteiger partial charge in [-0.3, -0.25) is 15.0 Å². The van der Waals surface area contributed by atoms with E-state index in [4.69, 9.17) is 9.47 Å². The second-order valence-electron chi connectivity index (χ2n) is 7.83. The van der Waals surface area contributed by atoms with Gasteiger partial charge in [-0.25, -0.2) is 14.6 Å². The van der Waals surface area contributed by atoms with Crippen LogP contribution in [0.25, 0.3) is 0 Å². The molecule has 0 aliphatic carbocycles. The molecule has 1 saturated heterocycles. The summed E-state index contributed by atoms with van der Waals surface area (Å²) in [4.78, 5) is 41.6. The first-order chi connectivity index (χ1) is 14.8. The zero-order valence-electron chi connectivity index (χ0n) is 18.0. The summed E-state index contributed by atoms with van der Waals surface area (Å²) in [6.07, 6.45) is -4.53. The lowest BCUT2D eigenvalue weighted by Crippen LogP contribution is -2.50. The number of rotatable bonds is 5. The molecule has 0 unspecified atom stereocenters. The molecule has 1 N–H and O–H groups in total. The van der Waals surface area contributed by atoms with Crippen LogP contribution in [0.5, 0.6) is 0 Å². The number of esters is 1. The molecule has 9 nitrogen and oxygen atoms in total. The number of ether oxygens (including phenoxy) is 3. The van der Waals surface area contributed by atoms with Crippen molar-refractivity contribution in [2.75, 3.05) is 30.5 Å². The number of nitrogens with one attached hydrogen (secondary N) is 1. The highest BCUT2D eigenvalue weighted by Gasteiger charge is 2.42. The zero-order valence-corrected chi connectivity index (χ0v) is 18.0. The SMILES string of the molecule is C=CC[C@@H]1COCC(=O)N1c1nc(C(=O)OC)c(NC(=O)OC(C)(C)C)cc1C(F)(F)F. The smallest absolute Gasteiger partial charge is 0.420 e. The molecule has 32 heavy (non-hydrogen) atoms. The van der Waals surface area contributed by atoms with Crippen LogP contribution in [0.4, 0.5) is 29.5 Å². The third-order valence-corrected chi connectivity index (χ3v) is 4.16. The maximum Gasteiger partial charge on any atom is 0.420 e. The van der Waals surface area contributed by atoms with Crippen LogP contribution >= 0.6 is 0 Å². The van der Waals surface area contributed by atoms with E-state index >= 15 is 0 Å². The van der Waals surface area contributed by atoms with Crippen molar-refractivity contribution in [3.8, 4) is 0 Å². The van der Waals surface area contributed by atoms with Gasteiger partial charge in [-0.05, 0) is 33.3 Å². The number of carbonyl (C=O) groups excluding carboxylic acids is 3. The van der Waals surface area contributed by atoms with E-state index in [9.17, 15) is 27.6 Å². The van der Waals surface area contributed by atoms with E-state index in [1.807, 2.05) is 0 Å². The van der Waals surface area contributed by atoms with Crippen LogP contribution in [0.1, 0.15) is 43.2 Å². The molecule has 0 aromatic carbocycles. The zero-order chi connectivity index (χ0) is 24.3. The van der Waals surface area contributed by atoms with E-state index in [2.05, 4.69) is 21.6 Å². The summed E-state index contributed by atoms with van der Waals surface area (Å²) in [6, 6.07) is -0.302. The Morgan fingerprint density at radius 2 is 2.03 bits per heavy atom. The quantitative estimate of drug-likeness (QED) is 0.530. The number of alkyl halides is 3. The Kier molecular flexibility index (Phi) is 7.50. The van der Waals surface area contributed by atoms with Gasteiger partial charge in [-0.2, -0.15) is 13.2 Å². The Labute approximate surface area is 182 Å². The molecule has 2 heterocycles. The number of hydrogen-bond donors (Lipinski definition) is 1. The van der Waals surface area contributed by atoms with Crippen LogP contribution in [0.3, 0.4) is 0 Å². The highest BCUT2D eigenvalue weighted by molar-refractivity contribution is 6.01. The predicted molar refractivity (Wildman–Crippen MR) is 107 cm³/mol. The molecule has 0 spiro atoms. The summed E-state index contributed by atoms with van der Waals surface area (Å²) < 4.78 is 56.7. The first-order valence-corrected chi connectivity index (χ1v) is 9.49. The molecule has 2 amide bonds. The van der Waals surface area contributed by atoms with E-state index in [0.29, 0.717) is 6.07 Å². The van der Waals surface area contributed by atoms with Crippen molar-refractivity contribution in [1.82, 2.24) is 4.98 Å². The minimum absolute atomic E-state index is 0.0534. The van der Waals surface area contributed by atoms with Crippen LogP contribution in [-0.2, 0) is 25.2 Å². The molecule has 0 bridgehead atoms. The Morgan fingerprint density at radius 1 is 1.38 bits per heavy atom. The molecule has 1 aliphatic rings. The van der Waals surface area contributed by atoms with Gasteiger partial charge in [0.2, 0.25) is 0 Å². The van der Waals surface area contributed by atoms with Crippen molar-refractivity contribution >= 4 is 29.5 Å². The number of morpholine rings is 1. The Hall–Kier alpha value is -3.15. The van der Waals surface area contributed by atoms with Crippen LogP contribution in [0, 0.1) is 0 Å². The van der Waals surface area contributed by atoms with Gasteiger partial charge in [0.25, 0.3) is 5.91 Å². The Bertz CT molecular complexity index is 911. The average Bonchev–Trinajstić information content (AvgIpc) is 2.65. The minimum atomic E-state index is -4.97. The van der Waals surface area contributed by atoms with Crippen LogP contribution in [0.2, 0.25) is 0 Å². The van der Waals surface area contributed by atoms with Crippen LogP contribution in [0.15, 0.2) is 18.7 Å². The minimum Gasteiger partial charge on any atom is -0.464 e. The van der Waals surface area contributed by atoms with Gasteiger partial charge in [-0.1, -0.05) is 6.08 Å². The van der Waals surface area contributed by atoms with Gasteiger partial charge in [-0.15, -0.1) is 6.58 Å². The summed E-state index contributed by atoms with van der Waals surface area (Å²) in [6.45, 7) is 7.70. The van der Waals surface area contributed by atoms with Gasteiger partial charge < -0.3 is 14.2 Å². The fraction of sp³-hybridized carbons (Fsp3) is 0.500. The van der Waals surface area contributed by atoms with Crippen molar-refractivity contribution in [3.63, 3.8) is 0 Å². The maximum absolute atomic E-state index is 14.0. The number of hydrogen-bond acceptors (Lipinski definition) is 7. The molecule has 12 heteroatoms. The lowest BCUT2D eigenvalue weighted by atomic mass is 10.1. The fourth-order valence-electron chi connectivity index (χ4n) is 2.94. The standard InChI is InChI=1S/C20H24F3N3O6/c1-6-7-11-9-31-10-14(27)26(11)16-12(20(21,22)23)8-13(15(25-16)17(28)30-5)24-18(29)32-19(2,3)4/h6,8,11H,1,7,9-10H2,2-5H3,(H,24,29)/t11-/m1/s1. The number of anilines is 2. The number of pyridine rings is 1. The molecule has 1 aliphatic heterocycles. The van der Waals surface area contributed by atoms with Gasteiger partial charge in [0.05, 0.1) is 25.4 Å². The fourth-order valence-corrected chi connectivity index (χ4v) is 2.94. The molecular weight excluding hydrogens is 435 g/mol. The van der Waals surface area contributed by atoms with Crippen molar-refractivity contribution in [2.45, 2.75) is 45.0 Å². The number of halogens is 3. The molecule has 176 valence electrons. The van der Waals surface area contributed by atoms with Crippen molar-refractivity contribution < 1.29 is 41.8 Å². The topological polar surface area (TPSA) is 107 Å². The van der Waals surface area contributed by atoms with E-state index in [1.54, 1.807) is 20.8 Å². The number of aromatic nitrogens is 1. The number of nitrogens with zero attached hydrogens (tertiary/aromatic N) is 2. The predicted octanol–water partition coefficient (Wildman–Crippen LogP) is 3.54. The average molecular weight is 459 g/mol. The van der Waals surface area contributed by atoms with Crippen LogP contribution < -0.4 is 10.2 Å². The van der Waals surface area contributed by atoms with Crippen LogP contribution in [-0.4, -0.2) is 54.9 Å². The first kappa shape index (κ1) is 25.1. The highest BCUT2D eigenvalue weighted by Crippen LogP contribution is 2.40. The third kappa shape index (κ3) is 5.96. The first-order valence-electron chi connectivity index (χ1n) is 9.49. The van der Waals surface area contributed by atoms with Crippen molar-refractivity contribution in [2.24, 2.45) is 0 Å². The molecule has 0 saturated carbocycles. The lowest BCUT2D eigenvalue weighted by molar-refractivity contribution is -0.137. The third-order valence-electron chi connectivity index (χ3n) is 4.16. The lowest BCUT2D eigenvalue weighted by Gasteiger charge is -2.35. The molecule has 1 aromatic rings. The van der Waals surface area contributed by atoms with E-state index in [1.165, 1.54) is 6.08 Å².